The second-order valence-corrected chi connectivity index (χ2v) is 7.55. The smallest absolute Gasteiger partial charge is 0.335 e. The normalized spacial score (nSPS) is 19.4. The van der Waals surface area contributed by atoms with Crippen molar-refractivity contribution in [3.05, 3.63) is 52.9 Å². The third-order valence-electron chi connectivity index (χ3n) is 5.06. The highest BCUT2D eigenvalue weighted by molar-refractivity contribution is 5.87. The Morgan fingerprint density at radius 3 is 2.60 bits per heavy atom. The number of aromatic carboxylic acids is 1. The molecule has 0 unspecified atom stereocenters. The van der Waals surface area contributed by atoms with Crippen LogP contribution in [-0.2, 0) is 22.6 Å². The van der Waals surface area contributed by atoms with Crippen molar-refractivity contribution >= 4 is 17.7 Å². The number of carboxylic acid groups (broad SMARTS) is 1. The van der Waals surface area contributed by atoms with Gasteiger partial charge in [0.1, 0.15) is 5.76 Å². The summed E-state index contributed by atoms with van der Waals surface area (Å²) in [5, 5.41) is 25.6. The summed E-state index contributed by atoms with van der Waals surface area (Å²) < 4.78 is 5.08. The Hall–Kier alpha value is -3.04. The zero-order valence-corrected chi connectivity index (χ0v) is 16.7. The fraction of sp³-hybridized carbons (Fsp3) is 0.429. The number of amides is 1. The second kappa shape index (κ2) is 9.64. The maximum atomic E-state index is 12.7. The molecule has 0 spiro atoms. The third-order valence-corrected chi connectivity index (χ3v) is 5.06. The molecule has 1 aliphatic heterocycles. The van der Waals surface area contributed by atoms with E-state index in [1.54, 1.807) is 30.0 Å². The molecular weight excluding hydrogens is 390 g/mol. The molecule has 9 nitrogen and oxygen atoms in total. The van der Waals surface area contributed by atoms with Crippen LogP contribution >= 0.6 is 0 Å². The first-order chi connectivity index (χ1) is 14.3. The van der Waals surface area contributed by atoms with Gasteiger partial charge in [0, 0.05) is 19.2 Å². The van der Waals surface area contributed by atoms with E-state index in [1.165, 1.54) is 12.1 Å². The largest absolute Gasteiger partial charge is 0.478 e. The molecule has 1 aromatic heterocycles. The summed E-state index contributed by atoms with van der Waals surface area (Å²) in [6, 6.07) is 7.44. The summed E-state index contributed by atoms with van der Waals surface area (Å²) in [4.78, 5) is 37.8. The van der Waals surface area contributed by atoms with E-state index < -0.39 is 18.1 Å². The predicted octanol–water partition coefficient (Wildman–Crippen LogP) is 0.935. The molecule has 1 aliphatic rings. The van der Waals surface area contributed by atoms with Crippen molar-refractivity contribution in [3.63, 3.8) is 0 Å². The molecule has 9 heteroatoms. The molecule has 2 atom stereocenters. The Morgan fingerprint density at radius 1 is 1.23 bits per heavy atom. The van der Waals surface area contributed by atoms with Crippen LogP contribution in [0.1, 0.15) is 40.2 Å². The van der Waals surface area contributed by atoms with Crippen LogP contribution in [0, 0.1) is 6.92 Å². The highest BCUT2D eigenvalue weighted by atomic mass is 16.5. The van der Waals surface area contributed by atoms with Crippen LogP contribution in [0.2, 0.25) is 0 Å². The van der Waals surface area contributed by atoms with Crippen LogP contribution in [0.4, 0.5) is 0 Å². The van der Waals surface area contributed by atoms with Crippen molar-refractivity contribution in [2.75, 3.05) is 13.1 Å². The number of hydrogen-bond acceptors (Lipinski definition) is 7. The Labute approximate surface area is 173 Å². The molecule has 2 aromatic rings. The van der Waals surface area contributed by atoms with E-state index in [4.69, 9.17) is 9.63 Å². The Morgan fingerprint density at radius 2 is 1.97 bits per heavy atom. The summed E-state index contributed by atoms with van der Waals surface area (Å²) in [6.07, 6.45) is 0.423. The number of β-amino-alcohol motifs (C(OH)–C–C–N with tert-alkyl or cyclic N) is 1. The topological polar surface area (TPSA) is 133 Å². The molecule has 160 valence electrons. The van der Waals surface area contributed by atoms with Gasteiger partial charge in [-0.3, -0.25) is 14.5 Å². The number of nitrogens with one attached hydrogen (secondary N) is 1. The van der Waals surface area contributed by atoms with E-state index >= 15 is 0 Å². The Balaban J connectivity index is 1.57. The van der Waals surface area contributed by atoms with Crippen LogP contribution in [0.5, 0.6) is 0 Å². The van der Waals surface area contributed by atoms with E-state index in [-0.39, 0.29) is 43.3 Å². The maximum absolute atomic E-state index is 12.7. The number of aromatic nitrogens is 1. The average molecular weight is 415 g/mol. The van der Waals surface area contributed by atoms with Crippen LogP contribution < -0.4 is 5.32 Å². The molecule has 1 aromatic carbocycles. The summed E-state index contributed by atoms with van der Waals surface area (Å²) in [6.45, 7) is 2.29. The van der Waals surface area contributed by atoms with Gasteiger partial charge in [-0.15, -0.1) is 0 Å². The molecule has 3 rings (SSSR count). The van der Waals surface area contributed by atoms with Gasteiger partial charge in [0.2, 0.25) is 5.91 Å². The zero-order chi connectivity index (χ0) is 21.7. The maximum Gasteiger partial charge on any atom is 0.335 e. The number of rotatable bonds is 8. The number of hydrogen-bond donors (Lipinski definition) is 3. The Kier molecular flexibility index (Phi) is 6.96. The fourth-order valence-corrected chi connectivity index (χ4v) is 3.54. The average Bonchev–Trinajstić information content (AvgIpc) is 3.11. The minimum absolute atomic E-state index is 0.0300. The van der Waals surface area contributed by atoms with Crippen molar-refractivity contribution in [2.24, 2.45) is 0 Å². The number of aliphatic hydroxyl groups is 1. The fourth-order valence-electron chi connectivity index (χ4n) is 3.54. The number of aryl methyl sites for hydroxylation is 1. The van der Waals surface area contributed by atoms with E-state index in [1.807, 2.05) is 0 Å². The number of ketones is 1. The van der Waals surface area contributed by atoms with Gasteiger partial charge >= 0.3 is 5.97 Å². The number of piperidine rings is 1. The zero-order valence-electron chi connectivity index (χ0n) is 16.7. The lowest BCUT2D eigenvalue weighted by Crippen LogP contribution is -2.54. The third kappa shape index (κ3) is 5.74. The Bertz CT molecular complexity index is 908. The highest BCUT2D eigenvalue weighted by Crippen LogP contribution is 2.18. The molecule has 0 saturated carbocycles. The number of Topliss-reactive ketones (excluding diaryl/α,β-unsaturated/α-hetero) is 1. The SMILES string of the molecule is Cc1cc(CC(=O)CN2C[C@H](O)CC[C@H]2C(=O)NCc2ccc(C(=O)O)cc2)on1. The van der Waals surface area contributed by atoms with Gasteiger partial charge in [0.05, 0.1) is 36.4 Å². The van der Waals surface area contributed by atoms with Crippen molar-refractivity contribution in [1.82, 2.24) is 15.4 Å². The number of nitrogens with zero attached hydrogens (tertiary/aromatic N) is 2. The first kappa shape index (κ1) is 21.7. The van der Waals surface area contributed by atoms with Crippen LogP contribution in [0.3, 0.4) is 0 Å². The van der Waals surface area contributed by atoms with Crippen molar-refractivity contribution < 1.29 is 29.1 Å². The van der Waals surface area contributed by atoms with Gasteiger partial charge in [0.15, 0.2) is 5.78 Å². The van der Waals surface area contributed by atoms with Crippen LogP contribution in [0.25, 0.3) is 0 Å². The molecule has 30 heavy (non-hydrogen) atoms. The number of carbonyl (C=O) groups is 3. The predicted molar refractivity (Wildman–Crippen MR) is 106 cm³/mol. The van der Waals surface area contributed by atoms with Gasteiger partial charge in [-0.1, -0.05) is 17.3 Å². The van der Waals surface area contributed by atoms with Gasteiger partial charge in [-0.2, -0.15) is 0 Å². The van der Waals surface area contributed by atoms with E-state index in [2.05, 4.69) is 10.5 Å². The summed E-state index contributed by atoms with van der Waals surface area (Å²) in [5.74, 6) is -0.886. The van der Waals surface area contributed by atoms with E-state index in [9.17, 15) is 19.5 Å². The van der Waals surface area contributed by atoms with E-state index in [0.29, 0.717) is 24.3 Å². The minimum atomic E-state index is -1.01. The molecule has 3 N–H and O–H groups in total. The first-order valence-electron chi connectivity index (χ1n) is 9.78. The van der Waals surface area contributed by atoms with Crippen molar-refractivity contribution in [1.29, 1.82) is 0 Å². The molecule has 1 saturated heterocycles. The quantitative estimate of drug-likeness (QED) is 0.580. The summed E-state index contributed by atoms with van der Waals surface area (Å²) in [5.41, 5.74) is 1.64. The molecule has 0 bridgehead atoms. The van der Waals surface area contributed by atoms with Crippen LogP contribution in [0.15, 0.2) is 34.9 Å². The monoisotopic (exact) mass is 415 g/mol. The van der Waals surface area contributed by atoms with Crippen molar-refractivity contribution in [3.8, 4) is 0 Å². The van der Waals surface area contributed by atoms with Gasteiger partial charge < -0.3 is 20.1 Å². The van der Waals surface area contributed by atoms with Crippen molar-refractivity contribution in [2.45, 2.75) is 44.9 Å². The number of carbonyl (C=O) groups excluding carboxylic acids is 2. The molecule has 1 fully saturated rings. The number of benzene rings is 1. The molecule has 0 aliphatic carbocycles. The molecule has 0 radical (unpaired) electrons. The lowest BCUT2D eigenvalue weighted by Gasteiger charge is -2.36. The highest BCUT2D eigenvalue weighted by Gasteiger charge is 2.33. The first-order valence-corrected chi connectivity index (χ1v) is 9.78. The van der Waals surface area contributed by atoms with Gasteiger partial charge in [0.25, 0.3) is 0 Å². The number of likely N-dealkylation sites (tertiary alicyclic amines) is 1. The lowest BCUT2D eigenvalue weighted by atomic mass is 9.98. The molecular formula is C21H25N3O6. The lowest BCUT2D eigenvalue weighted by molar-refractivity contribution is -0.131. The number of aliphatic hydroxyl groups excluding tert-OH is 1. The van der Waals surface area contributed by atoms with Gasteiger partial charge in [-0.05, 0) is 37.5 Å². The number of carboxylic acids is 1. The van der Waals surface area contributed by atoms with Gasteiger partial charge in [-0.25, -0.2) is 4.79 Å². The molecule has 2 heterocycles. The molecule has 1 amide bonds. The van der Waals surface area contributed by atoms with Crippen LogP contribution in [-0.4, -0.2) is 63.2 Å². The minimum Gasteiger partial charge on any atom is -0.478 e. The van der Waals surface area contributed by atoms with E-state index in [0.717, 1.165) is 5.56 Å². The summed E-state index contributed by atoms with van der Waals surface area (Å²) >= 11 is 0. The summed E-state index contributed by atoms with van der Waals surface area (Å²) in [7, 11) is 0. The standard InChI is InChI=1S/C21H25N3O6/c1-13-8-18(30-23-13)9-17(26)12-24-11-16(25)6-7-19(24)20(27)22-10-14-2-4-15(5-3-14)21(28)29/h2-5,8,16,19,25H,6-7,9-12H2,1H3,(H,22,27)(H,28,29)/t16-,19+/m1/s1. The second-order valence-electron chi connectivity index (χ2n) is 7.55.